The lowest BCUT2D eigenvalue weighted by atomic mass is 9.93. The van der Waals surface area contributed by atoms with E-state index in [2.05, 4.69) is 15.9 Å². The van der Waals surface area contributed by atoms with Crippen molar-refractivity contribution in [2.24, 2.45) is 5.92 Å². The van der Waals surface area contributed by atoms with Crippen molar-refractivity contribution in [1.29, 1.82) is 0 Å². The molecule has 0 saturated heterocycles. The van der Waals surface area contributed by atoms with Crippen LogP contribution in [0.5, 0.6) is 5.75 Å². The molecule has 1 unspecified atom stereocenters. The second kappa shape index (κ2) is 7.81. The summed E-state index contributed by atoms with van der Waals surface area (Å²) in [4.78, 5) is 0. The second-order valence-corrected chi connectivity index (χ2v) is 6.01. The molecule has 0 N–H and O–H groups in total. The van der Waals surface area contributed by atoms with Gasteiger partial charge in [-0.2, -0.15) is 0 Å². The fourth-order valence-electron chi connectivity index (χ4n) is 2.38. The van der Waals surface area contributed by atoms with Gasteiger partial charge in [-0.15, -0.1) is 0 Å². The molecule has 0 heterocycles. The smallest absolute Gasteiger partial charge is 0.144 e. The van der Waals surface area contributed by atoms with E-state index in [0.717, 1.165) is 23.1 Å². The summed E-state index contributed by atoms with van der Waals surface area (Å²) in [5.74, 6) is 0.828. The predicted molar refractivity (Wildman–Crippen MR) is 89.1 cm³/mol. The molecule has 2 rings (SSSR count). The summed E-state index contributed by atoms with van der Waals surface area (Å²) >= 11 is 9.37. The van der Waals surface area contributed by atoms with Crippen LogP contribution in [0.2, 0.25) is 5.02 Å². The molecule has 0 amide bonds. The highest BCUT2D eigenvalue weighted by Crippen LogP contribution is 2.26. The third-order valence-electron chi connectivity index (χ3n) is 3.46. The molecule has 4 heteroatoms. The first-order valence-electron chi connectivity index (χ1n) is 6.76. The third kappa shape index (κ3) is 4.21. The molecule has 0 aliphatic carbocycles. The zero-order valence-corrected chi connectivity index (χ0v) is 14.1. The summed E-state index contributed by atoms with van der Waals surface area (Å²) in [5.41, 5.74) is 1.79. The maximum Gasteiger partial charge on any atom is 0.144 e. The number of hydrogen-bond acceptors (Lipinski definition) is 1. The molecule has 1 atom stereocenters. The van der Waals surface area contributed by atoms with E-state index >= 15 is 0 Å². The number of rotatable bonds is 6. The van der Waals surface area contributed by atoms with Crippen LogP contribution in [-0.2, 0) is 12.8 Å². The molecule has 0 fully saturated rings. The molecule has 0 aromatic heterocycles. The van der Waals surface area contributed by atoms with Gasteiger partial charge >= 0.3 is 0 Å². The Labute approximate surface area is 138 Å². The minimum atomic E-state index is -0.315. The van der Waals surface area contributed by atoms with Gasteiger partial charge in [-0.25, -0.2) is 4.39 Å². The van der Waals surface area contributed by atoms with Crippen LogP contribution in [0.15, 0.2) is 42.5 Å². The van der Waals surface area contributed by atoms with Crippen LogP contribution in [0.25, 0.3) is 0 Å². The average Bonchev–Trinajstić information content (AvgIpc) is 2.51. The van der Waals surface area contributed by atoms with Gasteiger partial charge in [0.2, 0.25) is 0 Å². The average molecular weight is 372 g/mol. The molecule has 112 valence electrons. The molecule has 0 bridgehead atoms. The van der Waals surface area contributed by atoms with Crippen LogP contribution >= 0.6 is 27.5 Å². The number of methoxy groups -OCH3 is 1. The third-order valence-corrected chi connectivity index (χ3v) is 4.67. The molecule has 0 aliphatic rings. The van der Waals surface area contributed by atoms with Gasteiger partial charge in [0.25, 0.3) is 0 Å². The van der Waals surface area contributed by atoms with E-state index < -0.39 is 0 Å². The van der Waals surface area contributed by atoms with Crippen molar-refractivity contribution in [1.82, 2.24) is 0 Å². The van der Waals surface area contributed by atoms with Gasteiger partial charge in [0.1, 0.15) is 11.6 Å². The van der Waals surface area contributed by atoms with Crippen LogP contribution in [-0.4, -0.2) is 12.4 Å². The number of ether oxygens (including phenoxy) is 1. The zero-order chi connectivity index (χ0) is 15.2. The Bertz CT molecular complexity index is 603. The highest BCUT2D eigenvalue weighted by Gasteiger charge is 2.15. The van der Waals surface area contributed by atoms with Crippen molar-refractivity contribution in [3.05, 3.63) is 64.4 Å². The SMILES string of the molecule is COc1ccccc1CC(CBr)Cc1cccc(Cl)c1F. The molecule has 1 nitrogen and oxygen atoms in total. The molecule has 0 spiro atoms. The first-order valence-corrected chi connectivity index (χ1v) is 8.26. The van der Waals surface area contributed by atoms with Crippen molar-refractivity contribution < 1.29 is 9.13 Å². The molecular formula is C17H17BrClFO. The van der Waals surface area contributed by atoms with E-state index in [1.807, 2.05) is 24.3 Å². The summed E-state index contributed by atoms with van der Waals surface area (Å²) in [6.07, 6.45) is 1.46. The largest absolute Gasteiger partial charge is 0.496 e. The first-order chi connectivity index (χ1) is 10.2. The Morgan fingerprint density at radius 1 is 1.10 bits per heavy atom. The summed E-state index contributed by atoms with van der Waals surface area (Å²) in [5, 5.41) is 0.968. The maximum absolute atomic E-state index is 14.0. The van der Waals surface area contributed by atoms with E-state index in [9.17, 15) is 4.39 Å². The van der Waals surface area contributed by atoms with Gasteiger partial charge in [0.05, 0.1) is 12.1 Å². The number of alkyl halides is 1. The van der Waals surface area contributed by atoms with Crippen LogP contribution in [0.1, 0.15) is 11.1 Å². The quantitative estimate of drug-likeness (QED) is 0.627. The van der Waals surface area contributed by atoms with Gasteiger partial charge < -0.3 is 4.74 Å². The molecule has 0 radical (unpaired) electrons. The van der Waals surface area contributed by atoms with E-state index in [-0.39, 0.29) is 16.8 Å². The topological polar surface area (TPSA) is 9.23 Å². The van der Waals surface area contributed by atoms with Crippen LogP contribution in [0.3, 0.4) is 0 Å². The highest BCUT2D eigenvalue weighted by molar-refractivity contribution is 9.09. The Morgan fingerprint density at radius 3 is 2.48 bits per heavy atom. The van der Waals surface area contributed by atoms with Crippen LogP contribution < -0.4 is 4.74 Å². The molecular weight excluding hydrogens is 355 g/mol. The van der Waals surface area contributed by atoms with Gasteiger partial charge in [0.15, 0.2) is 0 Å². The molecule has 2 aromatic rings. The van der Waals surface area contributed by atoms with Gasteiger partial charge in [-0.1, -0.05) is 57.9 Å². The standard InChI is InChI=1S/C17H17BrClFO/c1-21-16-8-3-2-5-13(16)9-12(11-18)10-14-6-4-7-15(19)17(14)20/h2-8,12H,9-11H2,1H3. The monoisotopic (exact) mass is 370 g/mol. The van der Waals surface area contributed by atoms with Crippen LogP contribution in [0.4, 0.5) is 4.39 Å². The highest BCUT2D eigenvalue weighted by atomic mass is 79.9. The lowest BCUT2D eigenvalue weighted by Crippen LogP contribution is -2.12. The number of halogens is 3. The van der Waals surface area contributed by atoms with E-state index in [4.69, 9.17) is 16.3 Å². The second-order valence-electron chi connectivity index (χ2n) is 4.95. The summed E-state index contributed by atoms with van der Waals surface area (Å²) in [6, 6.07) is 13.1. The van der Waals surface area contributed by atoms with Gasteiger partial charge in [0, 0.05) is 5.33 Å². The van der Waals surface area contributed by atoms with Gasteiger partial charge in [-0.3, -0.25) is 0 Å². The minimum absolute atomic E-state index is 0.179. The number of hydrogen-bond donors (Lipinski definition) is 0. The summed E-state index contributed by atoms with van der Waals surface area (Å²) in [6.45, 7) is 0. The Morgan fingerprint density at radius 2 is 1.76 bits per heavy atom. The van der Waals surface area contributed by atoms with Crippen molar-refractivity contribution in [2.45, 2.75) is 12.8 Å². The van der Waals surface area contributed by atoms with E-state index in [1.165, 1.54) is 0 Å². The fraction of sp³-hybridized carbons (Fsp3) is 0.294. The van der Waals surface area contributed by atoms with Crippen LogP contribution in [0, 0.1) is 11.7 Å². The van der Waals surface area contributed by atoms with Crippen molar-refractivity contribution in [3.63, 3.8) is 0 Å². The minimum Gasteiger partial charge on any atom is -0.496 e. The number of benzene rings is 2. The molecule has 2 aromatic carbocycles. The predicted octanol–water partition coefficient (Wildman–Crippen LogP) is 5.28. The van der Waals surface area contributed by atoms with Crippen molar-refractivity contribution in [2.75, 3.05) is 12.4 Å². The Balaban J connectivity index is 2.15. The zero-order valence-electron chi connectivity index (χ0n) is 11.8. The first kappa shape index (κ1) is 16.3. The van der Waals surface area contributed by atoms with Gasteiger partial charge in [-0.05, 0) is 42.0 Å². The number of para-hydroxylation sites is 1. The van der Waals surface area contributed by atoms with Crippen molar-refractivity contribution >= 4 is 27.5 Å². The van der Waals surface area contributed by atoms with Crippen molar-refractivity contribution in [3.8, 4) is 5.75 Å². The lowest BCUT2D eigenvalue weighted by Gasteiger charge is -2.17. The molecule has 0 saturated carbocycles. The van der Waals surface area contributed by atoms with E-state index in [0.29, 0.717) is 12.0 Å². The Hall–Kier alpha value is -1.06. The summed E-state index contributed by atoms with van der Waals surface area (Å²) < 4.78 is 19.4. The molecule has 21 heavy (non-hydrogen) atoms. The normalized spacial score (nSPS) is 12.2. The Kier molecular flexibility index (Phi) is 6.07. The van der Waals surface area contributed by atoms with E-state index in [1.54, 1.807) is 25.3 Å². The lowest BCUT2D eigenvalue weighted by molar-refractivity contribution is 0.405. The maximum atomic E-state index is 14.0. The molecule has 0 aliphatic heterocycles. The summed E-state index contributed by atoms with van der Waals surface area (Å²) in [7, 11) is 1.67. The fourth-order valence-corrected chi connectivity index (χ4v) is 3.03.